The number of ether oxygens (including phenoxy) is 1. The maximum absolute atomic E-state index is 12.9. The predicted molar refractivity (Wildman–Crippen MR) is 104 cm³/mol. The molecule has 1 aromatic carbocycles. The van der Waals surface area contributed by atoms with Gasteiger partial charge in [0.05, 0.1) is 16.8 Å². The van der Waals surface area contributed by atoms with Crippen LogP contribution in [0.3, 0.4) is 0 Å². The maximum Gasteiger partial charge on any atom is 0.530 e. The summed E-state index contributed by atoms with van der Waals surface area (Å²) in [6, 6.07) is 6.99. The zero-order chi connectivity index (χ0) is 19.9. The van der Waals surface area contributed by atoms with E-state index in [1.54, 1.807) is 40.8 Å². The van der Waals surface area contributed by atoms with Crippen LogP contribution >= 0.6 is 30.4 Å². The summed E-state index contributed by atoms with van der Waals surface area (Å²) in [6.07, 6.45) is -1.05. The van der Waals surface area contributed by atoms with Crippen molar-refractivity contribution in [3.8, 4) is 5.75 Å². The molecule has 12 heteroatoms. The summed E-state index contributed by atoms with van der Waals surface area (Å²) >= 11 is 1.80. The van der Waals surface area contributed by atoms with E-state index in [1.165, 1.54) is 10.8 Å². The number of phosphoric acid groups is 1. The van der Waals surface area contributed by atoms with Gasteiger partial charge in [0.1, 0.15) is 24.2 Å². The summed E-state index contributed by atoms with van der Waals surface area (Å²) in [5.41, 5.74) is -0.414. The molecule has 10 nitrogen and oxygen atoms in total. The van der Waals surface area contributed by atoms with E-state index in [0.29, 0.717) is 9.32 Å². The van der Waals surface area contributed by atoms with Crippen molar-refractivity contribution in [2.75, 3.05) is 6.61 Å². The topological polar surface area (TPSA) is 129 Å². The number of aromatic nitrogens is 2. The molecule has 0 radical (unpaired) electrons. The van der Waals surface area contributed by atoms with Crippen molar-refractivity contribution < 1.29 is 28.0 Å². The molecule has 0 bridgehead atoms. The molecule has 0 spiro atoms. The molecule has 2 aliphatic rings. The molecule has 3 heterocycles. The highest BCUT2D eigenvalue weighted by atomic mass is 125. The van der Waals surface area contributed by atoms with Crippen molar-refractivity contribution in [2.24, 2.45) is 0 Å². The fourth-order valence-electron chi connectivity index (χ4n) is 3.05. The Morgan fingerprint density at radius 3 is 2.93 bits per heavy atom. The molecule has 0 unspecified atom stereocenters. The first-order valence-electron chi connectivity index (χ1n) is 8.36. The van der Waals surface area contributed by atoms with E-state index in [0.717, 1.165) is 5.56 Å². The van der Waals surface area contributed by atoms with Gasteiger partial charge in [-0.15, -0.1) is 0 Å². The van der Waals surface area contributed by atoms with Crippen LogP contribution in [0.25, 0.3) is 0 Å². The van der Waals surface area contributed by atoms with Crippen molar-refractivity contribution in [3.63, 3.8) is 0 Å². The Morgan fingerprint density at radius 2 is 2.14 bits per heavy atom. The van der Waals surface area contributed by atoms with Gasteiger partial charge in [-0.2, -0.15) is 0 Å². The van der Waals surface area contributed by atoms with Crippen LogP contribution in [0.2, 0.25) is 0 Å². The van der Waals surface area contributed by atoms with Crippen molar-refractivity contribution in [3.05, 3.63) is 60.4 Å². The standard InChI is InChI=1S/C16H16IN2O8P/c17-10-6-19(16(22)18-15(10)21)14-5-12(13(7-20)25-14)27-28(23)24-8-9-3-1-2-4-11(9)26-28/h1-4,6,12-14,20H,5,7-8H2,(H,18,21,22)/t12-,13+,14+,28+/m0/s1/i17-2. The quantitative estimate of drug-likeness (QED) is 0.459. The Balaban J connectivity index is 1.54. The molecule has 0 saturated carbocycles. The van der Waals surface area contributed by atoms with Gasteiger partial charge >= 0.3 is 13.5 Å². The molecular formula is C16H16IN2O8P. The van der Waals surface area contributed by atoms with E-state index < -0.39 is 44.1 Å². The van der Waals surface area contributed by atoms with Gasteiger partial charge < -0.3 is 14.4 Å². The molecule has 2 N–H and O–H groups in total. The molecular weight excluding hydrogens is 504 g/mol. The summed E-state index contributed by atoms with van der Waals surface area (Å²) in [6.45, 7) is -0.362. The Hall–Kier alpha value is -1.50. The van der Waals surface area contributed by atoms with E-state index in [1.807, 2.05) is 6.07 Å². The second-order valence-corrected chi connectivity index (χ2v) is 8.96. The molecule has 0 aliphatic carbocycles. The number of phosphoric ester groups is 1. The number of para-hydroxylation sites is 1. The van der Waals surface area contributed by atoms with E-state index >= 15 is 0 Å². The third kappa shape index (κ3) is 3.82. The number of benzene rings is 1. The average molecular weight is 520 g/mol. The monoisotopic (exact) mass is 520 g/mol. The molecule has 1 saturated heterocycles. The van der Waals surface area contributed by atoms with Crippen LogP contribution in [-0.2, 0) is 25.0 Å². The van der Waals surface area contributed by atoms with E-state index in [-0.39, 0.29) is 13.0 Å². The summed E-state index contributed by atoms with van der Waals surface area (Å²) < 4.78 is 36.4. The number of nitrogens with one attached hydrogen (secondary N) is 1. The number of hydrogen-bond acceptors (Lipinski definition) is 8. The van der Waals surface area contributed by atoms with Gasteiger partial charge in [-0.1, -0.05) is 18.2 Å². The number of rotatable bonds is 4. The van der Waals surface area contributed by atoms with Crippen molar-refractivity contribution >= 4 is 30.4 Å². The van der Waals surface area contributed by atoms with E-state index in [9.17, 15) is 19.3 Å². The zero-order valence-electron chi connectivity index (χ0n) is 14.3. The third-order valence-electron chi connectivity index (χ3n) is 4.42. The molecule has 150 valence electrons. The fourth-order valence-corrected chi connectivity index (χ4v) is 4.91. The van der Waals surface area contributed by atoms with Crippen LogP contribution in [-0.4, -0.2) is 33.5 Å². The van der Waals surface area contributed by atoms with Crippen molar-refractivity contribution in [1.29, 1.82) is 0 Å². The Labute approximate surface area is 172 Å². The molecule has 28 heavy (non-hydrogen) atoms. The van der Waals surface area contributed by atoms with Crippen LogP contribution in [0, 0.1) is 3.57 Å². The molecule has 2 aromatic rings. The van der Waals surface area contributed by atoms with Gasteiger partial charge in [0.25, 0.3) is 5.56 Å². The lowest BCUT2D eigenvalue weighted by Crippen LogP contribution is -2.33. The van der Waals surface area contributed by atoms with Gasteiger partial charge in [-0.25, -0.2) is 9.36 Å². The number of H-pyrrole nitrogens is 1. The van der Waals surface area contributed by atoms with Gasteiger partial charge in [-0.05, 0) is 28.7 Å². The van der Waals surface area contributed by atoms with E-state index in [4.69, 9.17) is 18.3 Å². The first-order chi connectivity index (χ1) is 13.4. The number of aliphatic hydroxyl groups excluding tert-OH is 1. The van der Waals surface area contributed by atoms with Crippen LogP contribution in [0.15, 0.2) is 40.1 Å². The Bertz CT molecular complexity index is 1050. The highest BCUT2D eigenvalue weighted by Gasteiger charge is 2.45. The number of halogens is 1. The van der Waals surface area contributed by atoms with Crippen molar-refractivity contribution in [2.45, 2.75) is 31.5 Å². The average Bonchev–Trinajstić information content (AvgIpc) is 3.06. The zero-order valence-corrected chi connectivity index (χ0v) is 17.4. The fraction of sp³-hybridized carbons (Fsp3) is 0.375. The Morgan fingerprint density at radius 1 is 1.36 bits per heavy atom. The summed E-state index contributed by atoms with van der Waals surface area (Å²) in [7, 11) is -3.93. The van der Waals surface area contributed by atoms with Gasteiger partial charge in [-0.3, -0.25) is 23.4 Å². The number of aromatic amines is 1. The van der Waals surface area contributed by atoms with Crippen LogP contribution in [0.4, 0.5) is 0 Å². The minimum absolute atomic E-state index is 0.0613. The van der Waals surface area contributed by atoms with E-state index in [2.05, 4.69) is 4.98 Å². The number of aliphatic hydroxyl groups is 1. The first-order valence-corrected chi connectivity index (χ1v) is 10.9. The second kappa shape index (κ2) is 7.73. The lowest BCUT2D eigenvalue weighted by Gasteiger charge is -2.27. The predicted octanol–water partition coefficient (Wildman–Crippen LogP) is 1.52. The smallest absolute Gasteiger partial charge is 0.404 e. The van der Waals surface area contributed by atoms with Gasteiger partial charge in [0.15, 0.2) is 0 Å². The lowest BCUT2D eigenvalue weighted by molar-refractivity contribution is -0.0467. The highest BCUT2D eigenvalue weighted by Crippen LogP contribution is 2.56. The van der Waals surface area contributed by atoms with Crippen LogP contribution < -0.4 is 15.8 Å². The summed E-state index contributed by atoms with van der Waals surface area (Å²) in [4.78, 5) is 25.8. The normalized spacial score (nSPS) is 29.3. The summed E-state index contributed by atoms with van der Waals surface area (Å²) in [5.74, 6) is 0.402. The SMILES string of the molecule is O=c1[nH]c(=O)n([C@H]2C[C@H](O[P@]3(=O)OCc4ccccc4O3)[C@@H](CO)O2)cc1[125I]. The highest BCUT2D eigenvalue weighted by molar-refractivity contribution is 14.1. The lowest BCUT2D eigenvalue weighted by atomic mass is 10.2. The number of fused-ring (bicyclic) bond motifs is 1. The Kier molecular flexibility index (Phi) is 5.47. The molecule has 4 atom stereocenters. The minimum atomic E-state index is -3.93. The second-order valence-electron chi connectivity index (χ2n) is 6.25. The summed E-state index contributed by atoms with van der Waals surface area (Å²) in [5, 5.41) is 9.62. The molecule has 4 rings (SSSR count). The van der Waals surface area contributed by atoms with Gasteiger partial charge in [0.2, 0.25) is 0 Å². The van der Waals surface area contributed by atoms with Crippen LogP contribution in [0.5, 0.6) is 5.75 Å². The third-order valence-corrected chi connectivity index (χ3v) is 6.58. The molecule has 1 fully saturated rings. The minimum Gasteiger partial charge on any atom is -0.404 e. The largest absolute Gasteiger partial charge is 0.530 e. The molecule has 2 aliphatic heterocycles. The maximum atomic E-state index is 12.9. The van der Waals surface area contributed by atoms with Crippen LogP contribution in [0.1, 0.15) is 18.2 Å². The molecule has 0 amide bonds. The van der Waals surface area contributed by atoms with Gasteiger partial charge in [0, 0.05) is 18.2 Å². The molecule has 1 aromatic heterocycles. The number of nitrogens with zero attached hydrogens (tertiary/aromatic N) is 1. The first kappa shape index (κ1) is 19.8. The van der Waals surface area contributed by atoms with Crippen molar-refractivity contribution in [1.82, 2.24) is 9.55 Å². The number of hydrogen-bond donors (Lipinski definition) is 2.